The highest BCUT2D eigenvalue weighted by atomic mass is 19.2. The third-order valence-corrected chi connectivity index (χ3v) is 6.10. The molecule has 0 radical (unpaired) electrons. The molecule has 1 saturated carbocycles. The molecule has 2 aliphatic rings. The molecule has 1 aliphatic carbocycles. The second-order valence-electron chi connectivity index (χ2n) is 8.15. The lowest BCUT2D eigenvalue weighted by molar-refractivity contribution is -0.116. The number of aromatic nitrogens is 2. The minimum absolute atomic E-state index is 0.0141. The molecule has 0 spiro atoms. The van der Waals surface area contributed by atoms with Crippen molar-refractivity contribution in [2.24, 2.45) is 4.99 Å². The molecule has 2 heterocycles. The fraction of sp³-hybridized carbons (Fsp3) is 0.348. The molecule has 160 valence electrons. The molecule has 3 aromatic rings. The van der Waals surface area contributed by atoms with Gasteiger partial charge in [0.15, 0.2) is 11.6 Å². The molecule has 8 heteroatoms. The minimum Gasteiger partial charge on any atom is -0.345 e. The monoisotopic (exact) mass is 426 g/mol. The second kappa shape index (κ2) is 7.83. The van der Waals surface area contributed by atoms with Gasteiger partial charge in [0.25, 0.3) is 0 Å². The number of hydrogen-bond donors (Lipinski definition) is 1. The predicted octanol–water partition coefficient (Wildman–Crippen LogP) is 5.23. The fourth-order valence-corrected chi connectivity index (χ4v) is 4.65. The number of imidazole rings is 1. The third kappa shape index (κ3) is 3.60. The van der Waals surface area contributed by atoms with E-state index in [1.54, 1.807) is 18.2 Å². The van der Waals surface area contributed by atoms with Gasteiger partial charge in [-0.25, -0.2) is 18.2 Å². The SMILES string of the molecule is O=C1CC(=NC2CCCCC2)C(c2cc(F)cc(F)c2F)N1c1ccc2nc[nH]c2c1. The average Bonchev–Trinajstić information content (AvgIpc) is 3.34. The Bertz CT molecular complexity index is 1180. The first-order valence-electron chi connectivity index (χ1n) is 10.5. The lowest BCUT2D eigenvalue weighted by atomic mass is 9.95. The number of fused-ring (bicyclic) bond motifs is 1. The largest absolute Gasteiger partial charge is 0.345 e. The number of nitrogens with zero attached hydrogens (tertiary/aromatic N) is 3. The van der Waals surface area contributed by atoms with Crippen LogP contribution in [0.4, 0.5) is 18.9 Å². The van der Waals surface area contributed by atoms with Gasteiger partial charge in [0.05, 0.1) is 23.8 Å². The van der Waals surface area contributed by atoms with Gasteiger partial charge in [0.1, 0.15) is 11.9 Å². The van der Waals surface area contributed by atoms with Crippen molar-refractivity contribution in [3.63, 3.8) is 0 Å². The number of carbonyl (C=O) groups excluding carboxylic acids is 1. The van der Waals surface area contributed by atoms with Crippen molar-refractivity contribution in [1.82, 2.24) is 9.97 Å². The van der Waals surface area contributed by atoms with Crippen molar-refractivity contribution in [2.45, 2.75) is 50.6 Å². The summed E-state index contributed by atoms with van der Waals surface area (Å²) in [7, 11) is 0. The van der Waals surface area contributed by atoms with Crippen LogP contribution >= 0.6 is 0 Å². The van der Waals surface area contributed by atoms with E-state index in [0.29, 0.717) is 28.5 Å². The molecule has 1 amide bonds. The lowest BCUT2D eigenvalue weighted by Crippen LogP contribution is -2.30. The maximum Gasteiger partial charge on any atom is 0.233 e. The number of amides is 1. The van der Waals surface area contributed by atoms with Gasteiger partial charge >= 0.3 is 0 Å². The van der Waals surface area contributed by atoms with Crippen LogP contribution in [-0.2, 0) is 4.79 Å². The van der Waals surface area contributed by atoms with Gasteiger partial charge in [0, 0.05) is 29.1 Å². The Hall–Kier alpha value is -3.16. The smallest absolute Gasteiger partial charge is 0.233 e. The molecule has 5 rings (SSSR count). The van der Waals surface area contributed by atoms with Crippen molar-refractivity contribution in [1.29, 1.82) is 0 Å². The van der Waals surface area contributed by atoms with E-state index in [4.69, 9.17) is 4.99 Å². The average molecular weight is 426 g/mol. The van der Waals surface area contributed by atoms with Crippen molar-refractivity contribution >= 4 is 28.3 Å². The summed E-state index contributed by atoms with van der Waals surface area (Å²) in [4.78, 5) is 26.4. The molecule has 31 heavy (non-hydrogen) atoms. The molecule has 1 N–H and O–H groups in total. The molecule has 1 atom stereocenters. The highest BCUT2D eigenvalue weighted by Gasteiger charge is 2.41. The van der Waals surface area contributed by atoms with E-state index >= 15 is 0 Å². The van der Waals surface area contributed by atoms with Crippen molar-refractivity contribution in [3.8, 4) is 0 Å². The summed E-state index contributed by atoms with van der Waals surface area (Å²) < 4.78 is 43.0. The summed E-state index contributed by atoms with van der Waals surface area (Å²) in [5.41, 5.74) is 2.14. The van der Waals surface area contributed by atoms with Gasteiger partial charge in [-0.2, -0.15) is 0 Å². The van der Waals surface area contributed by atoms with Crippen LogP contribution in [0.1, 0.15) is 50.1 Å². The quantitative estimate of drug-likeness (QED) is 0.583. The number of H-pyrrole nitrogens is 1. The molecule has 1 saturated heterocycles. The molecule has 1 aromatic heterocycles. The number of nitrogens with one attached hydrogen (secondary N) is 1. The van der Waals surface area contributed by atoms with E-state index in [1.807, 2.05) is 0 Å². The van der Waals surface area contributed by atoms with Crippen LogP contribution in [-0.4, -0.2) is 27.6 Å². The Morgan fingerprint density at radius 1 is 1.06 bits per heavy atom. The van der Waals surface area contributed by atoms with E-state index in [0.717, 1.165) is 38.2 Å². The van der Waals surface area contributed by atoms with E-state index < -0.39 is 23.5 Å². The number of anilines is 1. The van der Waals surface area contributed by atoms with E-state index in [9.17, 15) is 18.0 Å². The summed E-state index contributed by atoms with van der Waals surface area (Å²) in [6, 6.07) is 5.67. The molecule has 0 bridgehead atoms. The Kier molecular flexibility index (Phi) is 5.00. The zero-order chi connectivity index (χ0) is 21.5. The summed E-state index contributed by atoms with van der Waals surface area (Å²) in [6.45, 7) is 0. The Morgan fingerprint density at radius 3 is 2.68 bits per heavy atom. The zero-order valence-electron chi connectivity index (χ0n) is 16.7. The molecular formula is C23H21F3N4O. The summed E-state index contributed by atoms with van der Waals surface area (Å²) in [5, 5.41) is 0. The van der Waals surface area contributed by atoms with Crippen LogP contribution < -0.4 is 4.90 Å². The Morgan fingerprint density at radius 2 is 1.87 bits per heavy atom. The van der Waals surface area contributed by atoms with E-state index in [2.05, 4.69) is 9.97 Å². The number of aliphatic imine (C=N–C) groups is 1. The van der Waals surface area contributed by atoms with Crippen molar-refractivity contribution in [2.75, 3.05) is 4.90 Å². The number of aromatic amines is 1. The standard InChI is InChI=1S/C23H21F3N4O/c24-13-8-16(22(26)17(25)9-13)23-20(29-14-4-2-1-3-5-14)11-21(31)30(23)15-6-7-18-19(10-15)28-12-27-18/h6-10,12,14,23H,1-5,11H2,(H,27,28). The van der Waals surface area contributed by atoms with Gasteiger partial charge in [0.2, 0.25) is 5.91 Å². The van der Waals surface area contributed by atoms with Crippen molar-refractivity contribution in [3.05, 3.63) is 59.7 Å². The summed E-state index contributed by atoms with van der Waals surface area (Å²) >= 11 is 0. The zero-order valence-corrected chi connectivity index (χ0v) is 16.7. The molecule has 5 nitrogen and oxygen atoms in total. The van der Waals surface area contributed by atoms with Crippen molar-refractivity contribution < 1.29 is 18.0 Å². The normalized spacial score (nSPS) is 21.5. The molecule has 2 fully saturated rings. The Balaban J connectivity index is 1.65. The third-order valence-electron chi connectivity index (χ3n) is 6.10. The van der Waals surface area contributed by atoms with Gasteiger partial charge in [-0.3, -0.25) is 14.7 Å². The fourth-order valence-electron chi connectivity index (χ4n) is 4.65. The lowest BCUT2D eigenvalue weighted by Gasteiger charge is -2.27. The predicted molar refractivity (Wildman–Crippen MR) is 112 cm³/mol. The summed E-state index contributed by atoms with van der Waals surface area (Å²) in [5.74, 6) is -3.63. The maximum absolute atomic E-state index is 14.9. The van der Waals surface area contributed by atoms with Crippen LogP contribution in [0.2, 0.25) is 0 Å². The number of carbonyl (C=O) groups is 1. The molecule has 1 unspecified atom stereocenters. The molecule has 1 aliphatic heterocycles. The highest BCUT2D eigenvalue weighted by Crippen LogP contribution is 2.39. The first-order valence-corrected chi connectivity index (χ1v) is 10.5. The number of benzene rings is 2. The molecular weight excluding hydrogens is 405 g/mol. The Labute approximate surface area is 177 Å². The van der Waals surface area contributed by atoms with Crippen LogP contribution in [0.15, 0.2) is 41.7 Å². The first-order chi connectivity index (χ1) is 15.0. The van der Waals surface area contributed by atoms with Crippen LogP contribution in [0.3, 0.4) is 0 Å². The van der Waals surface area contributed by atoms with E-state index in [-0.39, 0.29) is 23.9 Å². The van der Waals surface area contributed by atoms with Crippen LogP contribution in [0.25, 0.3) is 11.0 Å². The van der Waals surface area contributed by atoms with Gasteiger partial charge in [-0.15, -0.1) is 0 Å². The number of hydrogen-bond acceptors (Lipinski definition) is 3. The number of rotatable bonds is 3. The van der Waals surface area contributed by atoms with Gasteiger partial charge in [-0.05, 0) is 37.1 Å². The van der Waals surface area contributed by atoms with Crippen LogP contribution in [0, 0.1) is 17.5 Å². The summed E-state index contributed by atoms with van der Waals surface area (Å²) in [6.07, 6.45) is 6.54. The second-order valence-corrected chi connectivity index (χ2v) is 8.15. The maximum atomic E-state index is 14.9. The van der Waals surface area contributed by atoms with Crippen LogP contribution in [0.5, 0.6) is 0 Å². The molecule has 2 aromatic carbocycles. The van der Waals surface area contributed by atoms with Gasteiger partial charge in [-0.1, -0.05) is 19.3 Å². The topological polar surface area (TPSA) is 61.4 Å². The minimum atomic E-state index is -1.28. The number of halogens is 3. The highest BCUT2D eigenvalue weighted by molar-refractivity contribution is 6.19. The first kappa shape index (κ1) is 19.8. The van der Waals surface area contributed by atoms with Gasteiger partial charge < -0.3 is 4.98 Å². The van der Waals surface area contributed by atoms with E-state index in [1.165, 1.54) is 11.2 Å².